The Morgan fingerprint density at radius 1 is 1.11 bits per heavy atom. The third-order valence-electron chi connectivity index (χ3n) is 5.24. The van der Waals surface area contributed by atoms with E-state index < -0.39 is 0 Å². The predicted molar refractivity (Wildman–Crippen MR) is 75.2 cm³/mol. The van der Waals surface area contributed by atoms with Gasteiger partial charge in [0.1, 0.15) is 5.75 Å². The summed E-state index contributed by atoms with van der Waals surface area (Å²) in [5, 5.41) is 0. The molecule has 0 radical (unpaired) electrons. The molecule has 98 valence electrons. The largest absolute Gasteiger partial charge is 0.497 e. The summed E-state index contributed by atoms with van der Waals surface area (Å²) in [6, 6.07) is 6.68. The molecule has 1 nitrogen and oxygen atoms in total. The van der Waals surface area contributed by atoms with Gasteiger partial charge in [-0.3, -0.25) is 0 Å². The second kappa shape index (κ2) is 4.95. The Labute approximate surface area is 111 Å². The quantitative estimate of drug-likeness (QED) is 0.741. The molecule has 1 saturated carbocycles. The molecule has 0 aromatic heterocycles. The van der Waals surface area contributed by atoms with Crippen LogP contribution in [0.25, 0.3) is 0 Å². The van der Waals surface area contributed by atoms with Gasteiger partial charge in [-0.15, -0.1) is 0 Å². The molecule has 1 aromatic rings. The summed E-state index contributed by atoms with van der Waals surface area (Å²) in [6.45, 7) is 2.44. The molecule has 0 N–H and O–H groups in total. The van der Waals surface area contributed by atoms with Crippen molar-refractivity contribution in [2.75, 3.05) is 7.11 Å². The van der Waals surface area contributed by atoms with Crippen molar-refractivity contribution in [2.45, 2.75) is 51.4 Å². The first-order chi connectivity index (χ1) is 8.79. The van der Waals surface area contributed by atoms with Crippen LogP contribution in [0.2, 0.25) is 0 Å². The van der Waals surface area contributed by atoms with Crippen molar-refractivity contribution in [1.29, 1.82) is 0 Å². The molecule has 2 aliphatic rings. The van der Waals surface area contributed by atoms with Gasteiger partial charge in [-0.05, 0) is 53.9 Å². The Hall–Kier alpha value is -0.980. The summed E-state index contributed by atoms with van der Waals surface area (Å²) in [5.74, 6) is 3.67. The maximum absolute atomic E-state index is 5.34. The lowest BCUT2D eigenvalue weighted by Crippen LogP contribution is -2.24. The third kappa shape index (κ3) is 2.04. The molecule has 0 bridgehead atoms. The molecule has 18 heavy (non-hydrogen) atoms. The van der Waals surface area contributed by atoms with Gasteiger partial charge in [0.15, 0.2) is 0 Å². The zero-order valence-electron chi connectivity index (χ0n) is 11.6. The normalized spacial score (nSPS) is 28.1. The molecule has 2 aliphatic carbocycles. The topological polar surface area (TPSA) is 9.23 Å². The summed E-state index contributed by atoms with van der Waals surface area (Å²) >= 11 is 0. The van der Waals surface area contributed by atoms with Gasteiger partial charge in [-0.25, -0.2) is 0 Å². The van der Waals surface area contributed by atoms with Crippen LogP contribution in [0.3, 0.4) is 0 Å². The van der Waals surface area contributed by atoms with E-state index in [2.05, 4.69) is 25.1 Å². The Balaban J connectivity index is 1.84. The highest BCUT2D eigenvalue weighted by atomic mass is 16.5. The SMILES string of the molecule is COc1ccc2c(c1)CC[C@@H](C1CCCC1)[C@@H]2C. The van der Waals surface area contributed by atoms with E-state index in [0.29, 0.717) is 0 Å². The molecule has 1 heteroatoms. The van der Waals surface area contributed by atoms with Crippen molar-refractivity contribution >= 4 is 0 Å². The van der Waals surface area contributed by atoms with Gasteiger partial charge >= 0.3 is 0 Å². The third-order valence-corrected chi connectivity index (χ3v) is 5.24. The number of methoxy groups -OCH3 is 1. The van der Waals surface area contributed by atoms with Crippen LogP contribution in [0.5, 0.6) is 5.75 Å². The zero-order chi connectivity index (χ0) is 12.5. The van der Waals surface area contributed by atoms with Crippen LogP contribution >= 0.6 is 0 Å². The molecule has 1 fully saturated rings. The van der Waals surface area contributed by atoms with Crippen molar-refractivity contribution < 1.29 is 4.74 Å². The highest BCUT2D eigenvalue weighted by Crippen LogP contribution is 2.45. The van der Waals surface area contributed by atoms with Crippen molar-refractivity contribution in [1.82, 2.24) is 0 Å². The molecule has 1 aromatic carbocycles. The van der Waals surface area contributed by atoms with E-state index >= 15 is 0 Å². The highest BCUT2D eigenvalue weighted by molar-refractivity contribution is 5.39. The first-order valence-electron chi connectivity index (χ1n) is 7.46. The van der Waals surface area contributed by atoms with Crippen molar-refractivity contribution in [3.63, 3.8) is 0 Å². The van der Waals surface area contributed by atoms with Crippen LogP contribution in [-0.4, -0.2) is 7.11 Å². The molecule has 0 spiro atoms. The van der Waals surface area contributed by atoms with Crippen molar-refractivity contribution in [3.8, 4) is 5.75 Å². The lowest BCUT2D eigenvalue weighted by Gasteiger charge is -2.35. The smallest absolute Gasteiger partial charge is 0.119 e. The molecule has 0 amide bonds. The van der Waals surface area contributed by atoms with Gasteiger partial charge in [0, 0.05) is 0 Å². The fourth-order valence-electron chi connectivity index (χ4n) is 4.20. The van der Waals surface area contributed by atoms with Crippen molar-refractivity contribution in [2.24, 2.45) is 11.8 Å². The Morgan fingerprint density at radius 2 is 1.89 bits per heavy atom. The number of benzene rings is 1. The average molecular weight is 244 g/mol. The van der Waals surface area contributed by atoms with Gasteiger partial charge in [0.25, 0.3) is 0 Å². The van der Waals surface area contributed by atoms with Crippen LogP contribution in [0.4, 0.5) is 0 Å². The number of rotatable bonds is 2. The van der Waals surface area contributed by atoms with Gasteiger partial charge in [-0.2, -0.15) is 0 Å². The maximum atomic E-state index is 5.34. The van der Waals surface area contributed by atoms with Crippen molar-refractivity contribution in [3.05, 3.63) is 29.3 Å². The first kappa shape index (κ1) is 12.1. The number of hydrogen-bond acceptors (Lipinski definition) is 1. The maximum Gasteiger partial charge on any atom is 0.119 e. The second-order valence-corrected chi connectivity index (χ2v) is 6.10. The minimum Gasteiger partial charge on any atom is -0.497 e. The van der Waals surface area contributed by atoms with Gasteiger partial charge in [0.05, 0.1) is 7.11 Å². The minimum absolute atomic E-state index is 0.739. The molecule has 0 unspecified atom stereocenters. The van der Waals surface area contributed by atoms with E-state index in [0.717, 1.165) is 23.5 Å². The van der Waals surface area contributed by atoms with E-state index in [9.17, 15) is 0 Å². The number of ether oxygens (including phenoxy) is 1. The summed E-state index contributed by atoms with van der Waals surface area (Å²) in [7, 11) is 1.76. The fraction of sp³-hybridized carbons (Fsp3) is 0.647. The first-order valence-corrected chi connectivity index (χ1v) is 7.46. The van der Waals surface area contributed by atoms with Gasteiger partial charge in [-0.1, -0.05) is 38.7 Å². The summed E-state index contributed by atoms with van der Waals surface area (Å²) in [6.07, 6.45) is 8.50. The van der Waals surface area contributed by atoms with Gasteiger partial charge in [0.2, 0.25) is 0 Å². The summed E-state index contributed by atoms with van der Waals surface area (Å²) < 4.78 is 5.34. The monoisotopic (exact) mass is 244 g/mol. The second-order valence-electron chi connectivity index (χ2n) is 6.10. The average Bonchev–Trinajstić information content (AvgIpc) is 2.92. The lowest BCUT2D eigenvalue weighted by atomic mass is 9.70. The molecule has 3 rings (SSSR count). The van der Waals surface area contributed by atoms with E-state index in [1.165, 1.54) is 44.1 Å². The number of fused-ring (bicyclic) bond motifs is 1. The van der Waals surface area contributed by atoms with Crippen LogP contribution < -0.4 is 4.74 Å². The zero-order valence-corrected chi connectivity index (χ0v) is 11.6. The molecule has 0 aliphatic heterocycles. The van der Waals surface area contributed by atoms with E-state index in [4.69, 9.17) is 4.74 Å². The molecule has 0 heterocycles. The molecular weight excluding hydrogens is 220 g/mol. The highest BCUT2D eigenvalue weighted by Gasteiger charge is 2.33. The van der Waals surface area contributed by atoms with E-state index in [-0.39, 0.29) is 0 Å². The summed E-state index contributed by atoms with van der Waals surface area (Å²) in [5.41, 5.74) is 3.11. The van der Waals surface area contributed by atoms with E-state index in [1.54, 1.807) is 12.7 Å². The molecule has 2 atom stereocenters. The standard InChI is InChI=1S/C17H24O/c1-12-16(13-5-3-4-6-13)9-7-14-11-15(18-2)8-10-17(12)14/h8,10-13,16H,3-7,9H2,1-2H3/t12-,16+/m0/s1. The Kier molecular flexibility index (Phi) is 3.32. The molecular formula is C17H24O. The van der Waals surface area contributed by atoms with Crippen LogP contribution in [0.15, 0.2) is 18.2 Å². The number of aryl methyl sites for hydroxylation is 1. The molecule has 0 saturated heterocycles. The van der Waals surface area contributed by atoms with Gasteiger partial charge < -0.3 is 4.74 Å². The minimum atomic E-state index is 0.739. The van der Waals surface area contributed by atoms with Crippen LogP contribution in [0, 0.1) is 11.8 Å². The van der Waals surface area contributed by atoms with Crippen LogP contribution in [-0.2, 0) is 6.42 Å². The summed E-state index contributed by atoms with van der Waals surface area (Å²) in [4.78, 5) is 0. The van der Waals surface area contributed by atoms with Crippen LogP contribution in [0.1, 0.15) is 56.1 Å². The Bertz CT molecular complexity index is 418. The fourth-order valence-corrected chi connectivity index (χ4v) is 4.20. The van der Waals surface area contributed by atoms with E-state index in [1.807, 2.05) is 0 Å². The lowest BCUT2D eigenvalue weighted by molar-refractivity contribution is 0.263. The number of hydrogen-bond donors (Lipinski definition) is 0. The Morgan fingerprint density at radius 3 is 2.61 bits per heavy atom. The predicted octanol–water partition coefficient (Wildman–Crippen LogP) is 4.55.